The third-order valence-corrected chi connectivity index (χ3v) is 3.03. The van der Waals surface area contributed by atoms with Crippen LogP contribution in [-0.2, 0) is 6.42 Å². The van der Waals surface area contributed by atoms with Crippen LogP contribution >= 0.6 is 0 Å². The molecule has 0 N–H and O–H groups in total. The van der Waals surface area contributed by atoms with Crippen molar-refractivity contribution in [1.29, 1.82) is 0 Å². The molecule has 0 fully saturated rings. The molecule has 0 atom stereocenters. The molecule has 0 radical (unpaired) electrons. The first kappa shape index (κ1) is 12.1. The molecule has 0 amide bonds. The summed E-state index contributed by atoms with van der Waals surface area (Å²) in [5.41, 5.74) is 2.03. The molecule has 3 heteroatoms. The number of carbonyl (C=O) groups excluding carboxylic acids is 1. The Balaban J connectivity index is 2.03. The van der Waals surface area contributed by atoms with Crippen LogP contribution in [-0.4, -0.2) is 37.9 Å². The van der Waals surface area contributed by atoms with E-state index in [1.54, 1.807) is 0 Å². The minimum atomic E-state index is 0.270. The summed E-state index contributed by atoms with van der Waals surface area (Å²) >= 11 is 0. The lowest BCUT2D eigenvalue weighted by molar-refractivity contribution is 0.0972. The first-order chi connectivity index (χ1) is 8.16. The van der Waals surface area contributed by atoms with Gasteiger partial charge in [0.15, 0.2) is 5.78 Å². The van der Waals surface area contributed by atoms with Crippen molar-refractivity contribution in [2.24, 2.45) is 0 Å². The Kier molecular flexibility index (Phi) is 3.79. The number of likely N-dealkylation sites (N-methyl/N-ethyl adjacent to an activating group) is 1. The van der Waals surface area contributed by atoms with E-state index < -0.39 is 0 Å². The molecule has 1 aliphatic carbocycles. The molecule has 0 heterocycles. The number of ketones is 1. The van der Waals surface area contributed by atoms with Crippen LogP contribution in [0.3, 0.4) is 0 Å². The number of aryl methyl sites for hydroxylation is 1. The molecule has 92 valence electrons. The number of carbonyl (C=O) groups is 1. The van der Waals surface area contributed by atoms with Gasteiger partial charge in [-0.1, -0.05) is 0 Å². The zero-order chi connectivity index (χ0) is 12.3. The number of hydrogen-bond acceptors (Lipinski definition) is 3. The third-order valence-electron chi connectivity index (χ3n) is 3.03. The number of ether oxygens (including phenoxy) is 1. The molecule has 1 aromatic carbocycles. The van der Waals surface area contributed by atoms with Gasteiger partial charge < -0.3 is 9.64 Å². The van der Waals surface area contributed by atoms with Crippen molar-refractivity contribution in [3.63, 3.8) is 0 Å². The van der Waals surface area contributed by atoms with E-state index in [1.165, 1.54) is 0 Å². The standard InChI is InChI=1S/C14H19NO2/c1-15(2)8-9-17-12-6-7-13-11(10-12)4-3-5-14(13)16/h6-7,10H,3-5,8-9H2,1-2H3. The molecule has 1 aliphatic rings. The van der Waals surface area contributed by atoms with Crippen LogP contribution in [0.2, 0.25) is 0 Å². The van der Waals surface area contributed by atoms with Gasteiger partial charge in [-0.2, -0.15) is 0 Å². The summed E-state index contributed by atoms with van der Waals surface area (Å²) in [5.74, 6) is 1.14. The summed E-state index contributed by atoms with van der Waals surface area (Å²) in [6, 6.07) is 5.82. The van der Waals surface area contributed by atoms with Crippen molar-refractivity contribution < 1.29 is 9.53 Å². The minimum Gasteiger partial charge on any atom is -0.492 e. The van der Waals surface area contributed by atoms with E-state index >= 15 is 0 Å². The lowest BCUT2D eigenvalue weighted by atomic mass is 9.91. The molecule has 0 aliphatic heterocycles. The Bertz CT molecular complexity index is 413. The zero-order valence-electron chi connectivity index (χ0n) is 10.5. The van der Waals surface area contributed by atoms with Gasteiger partial charge in [-0.05, 0) is 50.7 Å². The van der Waals surface area contributed by atoms with Crippen molar-refractivity contribution >= 4 is 5.78 Å². The fourth-order valence-electron chi connectivity index (χ4n) is 2.06. The molecule has 0 aromatic heterocycles. The molecular formula is C14H19NO2. The molecule has 3 nitrogen and oxygen atoms in total. The minimum absolute atomic E-state index is 0.270. The highest BCUT2D eigenvalue weighted by molar-refractivity contribution is 5.98. The topological polar surface area (TPSA) is 29.5 Å². The van der Waals surface area contributed by atoms with E-state index in [-0.39, 0.29) is 5.78 Å². The van der Waals surface area contributed by atoms with E-state index in [0.717, 1.165) is 36.3 Å². The normalized spacial score (nSPS) is 14.9. The predicted octanol–water partition coefficient (Wildman–Crippen LogP) is 2.15. The highest BCUT2D eigenvalue weighted by atomic mass is 16.5. The van der Waals surface area contributed by atoms with E-state index in [0.29, 0.717) is 13.0 Å². The average Bonchev–Trinajstić information content (AvgIpc) is 2.29. The maximum atomic E-state index is 11.7. The van der Waals surface area contributed by atoms with Crippen LogP contribution in [0.4, 0.5) is 0 Å². The second-order valence-corrected chi connectivity index (χ2v) is 4.75. The van der Waals surface area contributed by atoms with E-state index in [2.05, 4.69) is 4.90 Å². The summed E-state index contributed by atoms with van der Waals surface area (Å²) in [6.07, 6.45) is 2.65. The second-order valence-electron chi connectivity index (χ2n) is 4.75. The van der Waals surface area contributed by atoms with Crippen molar-refractivity contribution in [3.05, 3.63) is 29.3 Å². The van der Waals surface area contributed by atoms with Crippen LogP contribution in [0, 0.1) is 0 Å². The highest BCUT2D eigenvalue weighted by Gasteiger charge is 2.17. The second kappa shape index (κ2) is 5.32. The SMILES string of the molecule is CN(C)CCOc1ccc2c(c1)CCCC2=O. The first-order valence-corrected chi connectivity index (χ1v) is 6.10. The third kappa shape index (κ3) is 3.07. The fourth-order valence-corrected chi connectivity index (χ4v) is 2.06. The number of benzene rings is 1. The smallest absolute Gasteiger partial charge is 0.163 e. The molecule has 0 spiro atoms. The van der Waals surface area contributed by atoms with Crippen molar-refractivity contribution in [3.8, 4) is 5.75 Å². The summed E-state index contributed by atoms with van der Waals surface area (Å²) in [7, 11) is 4.05. The van der Waals surface area contributed by atoms with E-state index in [9.17, 15) is 4.79 Å². The Morgan fingerprint density at radius 3 is 2.88 bits per heavy atom. The van der Waals surface area contributed by atoms with Gasteiger partial charge in [0, 0.05) is 18.5 Å². The largest absolute Gasteiger partial charge is 0.492 e. The fraction of sp³-hybridized carbons (Fsp3) is 0.500. The van der Waals surface area contributed by atoms with Gasteiger partial charge in [0.1, 0.15) is 12.4 Å². The molecule has 0 unspecified atom stereocenters. The summed E-state index contributed by atoms with van der Waals surface area (Å²) < 4.78 is 5.67. The van der Waals surface area contributed by atoms with Gasteiger partial charge >= 0.3 is 0 Å². The Hall–Kier alpha value is -1.35. The Labute approximate surface area is 102 Å². The maximum Gasteiger partial charge on any atom is 0.163 e. The van der Waals surface area contributed by atoms with Crippen LogP contribution in [0.25, 0.3) is 0 Å². The number of hydrogen-bond donors (Lipinski definition) is 0. The number of Topliss-reactive ketones (excluding diaryl/α,β-unsaturated/α-hetero) is 1. The molecule has 0 saturated carbocycles. The Morgan fingerprint density at radius 1 is 1.29 bits per heavy atom. The van der Waals surface area contributed by atoms with E-state index in [4.69, 9.17) is 4.74 Å². The summed E-state index contributed by atoms with van der Waals surface area (Å²) in [6.45, 7) is 1.58. The van der Waals surface area contributed by atoms with Crippen LogP contribution in [0.15, 0.2) is 18.2 Å². The monoisotopic (exact) mass is 233 g/mol. The van der Waals surface area contributed by atoms with Crippen LogP contribution in [0.1, 0.15) is 28.8 Å². The average molecular weight is 233 g/mol. The van der Waals surface area contributed by atoms with Gasteiger partial charge in [-0.15, -0.1) is 0 Å². The summed E-state index contributed by atoms with van der Waals surface area (Å²) in [5, 5.41) is 0. The molecule has 1 aromatic rings. The zero-order valence-corrected chi connectivity index (χ0v) is 10.5. The predicted molar refractivity (Wildman–Crippen MR) is 67.8 cm³/mol. The van der Waals surface area contributed by atoms with Gasteiger partial charge in [0.25, 0.3) is 0 Å². The van der Waals surface area contributed by atoms with Crippen LogP contribution in [0.5, 0.6) is 5.75 Å². The summed E-state index contributed by atoms with van der Waals surface area (Å²) in [4.78, 5) is 13.7. The lowest BCUT2D eigenvalue weighted by Crippen LogP contribution is -2.19. The highest BCUT2D eigenvalue weighted by Crippen LogP contribution is 2.25. The molecular weight excluding hydrogens is 214 g/mol. The van der Waals surface area contributed by atoms with Gasteiger partial charge in [0.2, 0.25) is 0 Å². The van der Waals surface area contributed by atoms with Gasteiger partial charge in [-0.3, -0.25) is 4.79 Å². The van der Waals surface area contributed by atoms with Crippen molar-refractivity contribution in [2.75, 3.05) is 27.2 Å². The van der Waals surface area contributed by atoms with Gasteiger partial charge in [-0.25, -0.2) is 0 Å². The first-order valence-electron chi connectivity index (χ1n) is 6.10. The quantitative estimate of drug-likeness (QED) is 0.798. The molecule has 0 bridgehead atoms. The van der Waals surface area contributed by atoms with Crippen molar-refractivity contribution in [1.82, 2.24) is 4.90 Å². The van der Waals surface area contributed by atoms with Crippen molar-refractivity contribution in [2.45, 2.75) is 19.3 Å². The number of rotatable bonds is 4. The lowest BCUT2D eigenvalue weighted by Gasteiger charge is -2.16. The van der Waals surface area contributed by atoms with Crippen LogP contribution < -0.4 is 4.74 Å². The molecule has 2 rings (SSSR count). The number of fused-ring (bicyclic) bond motifs is 1. The molecule has 0 saturated heterocycles. The maximum absolute atomic E-state index is 11.7. The molecule has 17 heavy (non-hydrogen) atoms. The Morgan fingerprint density at radius 2 is 2.12 bits per heavy atom. The van der Waals surface area contributed by atoms with Gasteiger partial charge in [0.05, 0.1) is 0 Å². The number of nitrogens with zero attached hydrogens (tertiary/aromatic N) is 1. The van der Waals surface area contributed by atoms with E-state index in [1.807, 2.05) is 32.3 Å².